The summed E-state index contributed by atoms with van der Waals surface area (Å²) in [5.41, 5.74) is 3.80. The largest absolute Gasteiger partial charge is 0.394 e. The fourth-order valence-electron chi connectivity index (χ4n) is 2.60. The third-order valence-corrected chi connectivity index (χ3v) is 4.02. The molecule has 6 nitrogen and oxygen atoms in total. The molecule has 2 heterocycles. The molecule has 116 valence electrons. The van der Waals surface area contributed by atoms with E-state index in [2.05, 4.69) is 9.97 Å². The first-order chi connectivity index (χ1) is 10.6. The van der Waals surface area contributed by atoms with Gasteiger partial charge in [-0.05, 0) is 32.0 Å². The quantitative estimate of drug-likeness (QED) is 0.898. The molecule has 2 aromatic rings. The Kier molecular flexibility index (Phi) is 4.04. The van der Waals surface area contributed by atoms with Gasteiger partial charge in [-0.25, -0.2) is 9.97 Å². The Bertz CT molecular complexity index is 717. The molecule has 0 aliphatic carbocycles. The number of nitrogens with zero attached hydrogens (tertiary/aromatic N) is 3. The number of aliphatic hydroxyl groups is 1. The van der Waals surface area contributed by atoms with E-state index in [9.17, 15) is 9.90 Å². The molecule has 1 aromatic heterocycles. The van der Waals surface area contributed by atoms with Crippen LogP contribution >= 0.6 is 0 Å². The first-order valence-electron chi connectivity index (χ1n) is 7.34. The smallest absolute Gasteiger partial charge is 0.254 e. The minimum absolute atomic E-state index is 0.0998. The van der Waals surface area contributed by atoms with E-state index in [-0.39, 0.29) is 18.6 Å². The summed E-state index contributed by atoms with van der Waals surface area (Å²) < 4.78 is 5.31. The fourth-order valence-corrected chi connectivity index (χ4v) is 2.60. The van der Waals surface area contributed by atoms with E-state index >= 15 is 0 Å². The number of ether oxygens (including phenoxy) is 1. The summed E-state index contributed by atoms with van der Waals surface area (Å²) in [6.45, 7) is 5.07. The number of carbonyl (C=O) groups is 1. The SMILES string of the molecule is Cc1nc2ccc(C(=O)N3CCOCC3CO)cc2nc1C. The lowest BCUT2D eigenvalue weighted by Gasteiger charge is -2.34. The van der Waals surface area contributed by atoms with Crippen molar-refractivity contribution in [3.05, 3.63) is 35.2 Å². The second-order valence-electron chi connectivity index (χ2n) is 5.51. The predicted molar refractivity (Wildman–Crippen MR) is 81.7 cm³/mol. The lowest BCUT2D eigenvalue weighted by molar-refractivity contribution is -0.0183. The van der Waals surface area contributed by atoms with E-state index in [4.69, 9.17) is 4.74 Å². The second-order valence-corrected chi connectivity index (χ2v) is 5.51. The summed E-state index contributed by atoms with van der Waals surface area (Å²) >= 11 is 0. The maximum atomic E-state index is 12.7. The van der Waals surface area contributed by atoms with Gasteiger partial charge in [-0.1, -0.05) is 0 Å². The van der Waals surface area contributed by atoms with Crippen molar-refractivity contribution < 1.29 is 14.6 Å². The van der Waals surface area contributed by atoms with Crippen LogP contribution in [0.25, 0.3) is 11.0 Å². The highest BCUT2D eigenvalue weighted by atomic mass is 16.5. The van der Waals surface area contributed by atoms with Gasteiger partial charge in [-0.2, -0.15) is 0 Å². The third-order valence-electron chi connectivity index (χ3n) is 4.02. The van der Waals surface area contributed by atoms with Crippen molar-refractivity contribution >= 4 is 16.9 Å². The van der Waals surface area contributed by atoms with Gasteiger partial charge in [-0.3, -0.25) is 4.79 Å². The molecule has 1 N–H and O–H groups in total. The summed E-state index contributed by atoms with van der Waals surface area (Å²) in [5.74, 6) is -0.107. The molecule has 1 aliphatic heterocycles. The summed E-state index contributed by atoms with van der Waals surface area (Å²) in [5, 5.41) is 9.40. The Labute approximate surface area is 128 Å². The highest BCUT2D eigenvalue weighted by Crippen LogP contribution is 2.18. The molecular weight excluding hydrogens is 282 g/mol. The highest BCUT2D eigenvalue weighted by Gasteiger charge is 2.27. The lowest BCUT2D eigenvalue weighted by Crippen LogP contribution is -2.50. The standard InChI is InChI=1S/C16H19N3O3/c1-10-11(2)18-15-7-12(3-4-14(15)17-10)16(21)19-5-6-22-9-13(19)8-20/h3-4,7,13,20H,5-6,8-9H2,1-2H3. The molecule has 3 rings (SSSR count). The van der Waals surface area contributed by atoms with Crippen molar-refractivity contribution in [1.29, 1.82) is 0 Å². The number of fused-ring (bicyclic) bond motifs is 1. The molecule has 1 aromatic carbocycles. The van der Waals surface area contributed by atoms with Gasteiger partial charge in [0.2, 0.25) is 0 Å². The maximum Gasteiger partial charge on any atom is 0.254 e. The number of aryl methyl sites for hydroxylation is 2. The van der Waals surface area contributed by atoms with Crippen molar-refractivity contribution in [1.82, 2.24) is 14.9 Å². The van der Waals surface area contributed by atoms with Gasteiger partial charge < -0.3 is 14.7 Å². The maximum absolute atomic E-state index is 12.7. The van der Waals surface area contributed by atoms with Gasteiger partial charge in [0.1, 0.15) is 0 Å². The number of carbonyl (C=O) groups excluding carboxylic acids is 1. The van der Waals surface area contributed by atoms with E-state index in [1.54, 1.807) is 17.0 Å². The van der Waals surface area contributed by atoms with Gasteiger partial charge in [0.25, 0.3) is 5.91 Å². The third kappa shape index (κ3) is 2.67. The number of benzene rings is 1. The zero-order valence-corrected chi connectivity index (χ0v) is 12.7. The molecule has 1 amide bonds. The molecular formula is C16H19N3O3. The Morgan fingerprint density at radius 2 is 2.05 bits per heavy atom. The average Bonchev–Trinajstić information content (AvgIpc) is 2.55. The number of hydrogen-bond donors (Lipinski definition) is 1. The van der Waals surface area contributed by atoms with Gasteiger partial charge in [0.15, 0.2) is 0 Å². The first kappa shape index (κ1) is 14.9. The van der Waals surface area contributed by atoms with Crippen molar-refractivity contribution in [3.8, 4) is 0 Å². The number of hydrogen-bond acceptors (Lipinski definition) is 5. The Balaban J connectivity index is 1.95. The Morgan fingerprint density at radius 3 is 2.77 bits per heavy atom. The molecule has 6 heteroatoms. The number of rotatable bonds is 2. The zero-order chi connectivity index (χ0) is 15.7. The number of aromatic nitrogens is 2. The van der Waals surface area contributed by atoms with Gasteiger partial charge >= 0.3 is 0 Å². The number of amides is 1. The van der Waals surface area contributed by atoms with Crippen LogP contribution in [0.5, 0.6) is 0 Å². The zero-order valence-electron chi connectivity index (χ0n) is 12.7. The van der Waals surface area contributed by atoms with Crippen LogP contribution in [0.2, 0.25) is 0 Å². The molecule has 22 heavy (non-hydrogen) atoms. The molecule has 1 atom stereocenters. The molecule has 1 aliphatic rings. The average molecular weight is 301 g/mol. The Hall–Kier alpha value is -2.05. The monoisotopic (exact) mass is 301 g/mol. The van der Waals surface area contributed by atoms with E-state index in [0.717, 1.165) is 16.9 Å². The second kappa shape index (κ2) is 5.98. The van der Waals surface area contributed by atoms with Crippen LogP contribution in [0.15, 0.2) is 18.2 Å². The normalized spacial score (nSPS) is 18.7. The molecule has 0 radical (unpaired) electrons. The Morgan fingerprint density at radius 1 is 1.32 bits per heavy atom. The number of morpholine rings is 1. The molecule has 0 bridgehead atoms. The summed E-state index contributed by atoms with van der Waals surface area (Å²) in [4.78, 5) is 23.3. The first-order valence-corrected chi connectivity index (χ1v) is 7.34. The van der Waals surface area contributed by atoms with E-state index in [1.165, 1.54) is 0 Å². The molecule has 0 spiro atoms. The molecule has 1 unspecified atom stereocenters. The van der Waals surface area contributed by atoms with E-state index in [0.29, 0.717) is 30.8 Å². The van der Waals surface area contributed by atoms with Gasteiger partial charge in [0.05, 0.1) is 48.3 Å². The van der Waals surface area contributed by atoms with Crippen LogP contribution in [-0.2, 0) is 4.74 Å². The molecule has 0 saturated carbocycles. The highest BCUT2D eigenvalue weighted by molar-refractivity contribution is 5.97. The van der Waals surface area contributed by atoms with Crippen LogP contribution < -0.4 is 0 Å². The van der Waals surface area contributed by atoms with Crippen LogP contribution in [-0.4, -0.2) is 58.3 Å². The van der Waals surface area contributed by atoms with E-state index in [1.807, 2.05) is 19.9 Å². The summed E-state index contributed by atoms with van der Waals surface area (Å²) in [7, 11) is 0. The predicted octanol–water partition coefficient (Wildman–Crippen LogP) is 1.08. The van der Waals surface area contributed by atoms with Crippen LogP contribution in [0.1, 0.15) is 21.7 Å². The lowest BCUT2D eigenvalue weighted by atomic mass is 10.1. The summed E-state index contributed by atoms with van der Waals surface area (Å²) in [6, 6.07) is 5.05. The minimum atomic E-state index is -0.289. The topological polar surface area (TPSA) is 75.6 Å². The van der Waals surface area contributed by atoms with E-state index < -0.39 is 0 Å². The van der Waals surface area contributed by atoms with Gasteiger partial charge in [-0.15, -0.1) is 0 Å². The van der Waals surface area contributed by atoms with Crippen molar-refractivity contribution in [2.45, 2.75) is 19.9 Å². The molecule has 1 saturated heterocycles. The van der Waals surface area contributed by atoms with Crippen molar-refractivity contribution in [3.63, 3.8) is 0 Å². The van der Waals surface area contributed by atoms with Crippen LogP contribution in [0.3, 0.4) is 0 Å². The fraction of sp³-hybridized carbons (Fsp3) is 0.438. The van der Waals surface area contributed by atoms with Crippen molar-refractivity contribution in [2.24, 2.45) is 0 Å². The summed E-state index contributed by atoms with van der Waals surface area (Å²) in [6.07, 6.45) is 0. The van der Waals surface area contributed by atoms with Crippen molar-refractivity contribution in [2.75, 3.05) is 26.4 Å². The minimum Gasteiger partial charge on any atom is -0.394 e. The molecule has 1 fully saturated rings. The van der Waals surface area contributed by atoms with Crippen LogP contribution in [0.4, 0.5) is 0 Å². The van der Waals surface area contributed by atoms with Gasteiger partial charge in [0, 0.05) is 12.1 Å². The number of aliphatic hydroxyl groups excluding tert-OH is 1. The van der Waals surface area contributed by atoms with Crippen LogP contribution in [0, 0.1) is 13.8 Å².